The van der Waals surface area contributed by atoms with Crippen LogP contribution in [-0.2, 0) is 0 Å². The van der Waals surface area contributed by atoms with E-state index in [9.17, 15) is 0 Å². The highest BCUT2D eigenvalue weighted by atomic mass is 14.9. The van der Waals surface area contributed by atoms with Crippen molar-refractivity contribution in [3.05, 3.63) is 79.1 Å². The van der Waals surface area contributed by atoms with Gasteiger partial charge in [0, 0.05) is 28.9 Å². The minimum absolute atomic E-state index is 0.722. The van der Waals surface area contributed by atoms with Crippen molar-refractivity contribution in [1.82, 2.24) is 15.0 Å². The molecule has 0 aliphatic carbocycles. The van der Waals surface area contributed by atoms with Gasteiger partial charge in [-0.3, -0.25) is 4.98 Å². The van der Waals surface area contributed by atoms with Gasteiger partial charge in [-0.2, -0.15) is 0 Å². The van der Waals surface area contributed by atoms with Crippen LogP contribution in [0.2, 0.25) is 0 Å². The minimum atomic E-state index is 0.722. The number of rotatable bonds is 2. The third-order valence-electron chi connectivity index (χ3n) is 3.59. The number of fused-ring (bicyclic) bond motifs is 1. The molecule has 0 aliphatic rings. The highest BCUT2D eigenvalue weighted by molar-refractivity contribution is 5.93. The average Bonchev–Trinajstić information content (AvgIpc) is 2.62. The highest BCUT2D eigenvalue weighted by Crippen LogP contribution is 2.28. The maximum atomic E-state index is 4.80. The second kappa shape index (κ2) is 5.37. The Bertz CT molecular complexity index is 919. The van der Waals surface area contributed by atoms with Crippen LogP contribution in [-0.4, -0.2) is 15.0 Å². The van der Waals surface area contributed by atoms with Crippen molar-refractivity contribution >= 4 is 10.9 Å². The molecule has 0 amide bonds. The first-order valence-electron chi connectivity index (χ1n) is 7.14. The number of aromatic nitrogens is 3. The summed E-state index contributed by atoms with van der Waals surface area (Å²) in [4.78, 5) is 13.6. The van der Waals surface area contributed by atoms with Crippen LogP contribution in [0.3, 0.4) is 0 Å². The van der Waals surface area contributed by atoms with Gasteiger partial charge in [-0.15, -0.1) is 0 Å². The summed E-state index contributed by atoms with van der Waals surface area (Å²) in [6.45, 7) is 0. The lowest BCUT2D eigenvalue weighted by molar-refractivity contribution is 1.22. The van der Waals surface area contributed by atoms with Gasteiger partial charge < -0.3 is 0 Å². The summed E-state index contributed by atoms with van der Waals surface area (Å²) in [7, 11) is 0. The summed E-state index contributed by atoms with van der Waals surface area (Å²) in [5, 5.41) is 1.06. The van der Waals surface area contributed by atoms with Gasteiger partial charge in [0.2, 0.25) is 0 Å². The van der Waals surface area contributed by atoms with Crippen molar-refractivity contribution in [1.29, 1.82) is 0 Å². The molecule has 0 spiro atoms. The van der Waals surface area contributed by atoms with E-state index >= 15 is 0 Å². The van der Waals surface area contributed by atoms with Crippen LogP contribution in [0.15, 0.2) is 79.1 Å². The molecule has 0 atom stereocenters. The molecule has 0 bridgehead atoms. The third-order valence-corrected chi connectivity index (χ3v) is 3.59. The molecule has 0 saturated heterocycles. The molecule has 0 unspecified atom stereocenters. The summed E-state index contributed by atoms with van der Waals surface area (Å²) in [6, 6.07) is 22.2. The molecule has 104 valence electrons. The van der Waals surface area contributed by atoms with Gasteiger partial charge in [-0.1, -0.05) is 48.5 Å². The van der Waals surface area contributed by atoms with Crippen LogP contribution < -0.4 is 0 Å². The Labute approximate surface area is 128 Å². The summed E-state index contributed by atoms with van der Waals surface area (Å²) in [5.41, 5.74) is 3.97. The van der Waals surface area contributed by atoms with Crippen molar-refractivity contribution in [3.63, 3.8) is 0 Å². The first-order valence-corrected chi connectivity index (χ1v) is 7.14. The van der Waals surface area contributed by atoms with Crippen LogP contribution in [0, 0.1) is 0 Å². The zero-order valence-corrected chi connectivity index (χ0v) is 11.8. The van der Waals surface area contributed by atoms with E-state index in [1.165, 1.54) is 0 Å². The molecule has 2 heterocycles. The van der Waals surface area contributed by atoms with Gasteiger partial charge in [-0.25, -0.2) is 9.97 Å². The van der Waals surface area contributed by atoms with E-state index in [1.54, 1.807) is 12.4 Å². The van der Waals surface area contributed by atoms with Gasteiger partial charge in [0.05, 0.1) is 11.2 Å². The average molecular weight is 283 g/mol. The summed E-state index contributed by atoms with van der Waals surface area (Å²) >= 11 is 0. The van der Waals surface area contributed by atoms with Crippen LogP contribution in [0.5, 0.6) is 0 Å². The molecule has 22 heavy (non-hydrogen) atoms. The number of pyridine rings is 1. The molecule has 2 aromatic heterocycles. The lowest BCUT2D eigenvalue weighted by Gasteiger charge is -2.09. The predicted molar refractivity (Wildman–Crippen MR) is 88.2 cm³/mol. The molecule has 4 aromatic rings. The monoisotopic (exact) mass is 283 g/mol. The topological polar surface area (TPSA) is 38.7 Å². The minimum Gasteiger partial charge on any atom is -0.265 e. The van der Waals surface area contributed by atoms with Gasteiger partial charge in [0.25, 0.3) is 0 Å². The number of para-hydroxylation sites is 1. The van der Waals surface area contributed by atoms with Crippen molar-refractivity contribution in [2.45, 2.75) is 0 Å². The maximum absolute atomic E-state index is 4.80. The molecule has 0 saturated carbocycles. The summed E-state index contributed by atoms with van der Waals surface area (Å²) < 4.78 is 0. The van der Waals surface area contributed by atoms with E-state index in [2.05, 4.69) is 23.2 Å². The van der Waals surface area contributed by atoms with Crippen molar-refractivity contribution in [3.8, 4) is 22.6 Å². The molecule has 2 aromatic carbocycles. The van der Waals surface area contributed by atoms with Crippen LogP contribution in [0.4, 0.5) is 0 Å². The zero-order chi connectivity index (χ0) is 14.8. The van der Waals surface area contributed by atoms with E-state index in [0.717, 1.165) is 33.5 Å². The quantitative estimate of drug-likeness (QED) is 0.548. The fourth-order valence-electron chi connectivity index (χ4n) is 2.52. The second-order valence-corrected chi connectivity index (χ2v) is 5.01. The van der Waals surface area contributed by atoms with E-state index < -0.39 is 0 Å². The Morgan fingerprint density at radius 1 is 0.591 bits per heavy atom. The Morgan fingerprint density at radius 2 is 1.32 bits per heavy atom. The number of benzene rings is 2. The largest absolute Gasteiger partial charge is 0.265 e. The van der Waals surface area contributed by atoms with E-state index in [4.69, 9.17) is 9.97 Å². The number of hydrogen-bond acceptors (Lipinski definition) is 3. The van der Waals surface area contributed by atoms with E-state index in [-0.39, 0.29) is 0 Å². The lowest BCUT2D eigenvalue weighted by atomic mass is 10.1. The predicted octanol–water partition coefficient (Wildman–Crippen LogP) is 4.36. The highest BCUT2D eigenvalue weighted by Gasteiger charge is 2.10. The Hall–Kier alpha value is -3.07. The first-order chi connectivity index (χ1) is 10.9. The van der Waals surface area contributed by atoms with Crippen LogP contribution >= 0.6 is 0 Å². The number of hydrogen-bond donors (Lipinski definition) is 0. The van der Waals surface area contributed by atoms with E-state index in [0.29, 0.717) is 0 Å². The van der Waals surface area contributed by atoms with Crippen LogP contribution in [0.25, 0.3) is 33.5 Å². The Balaban J connectivity index is 2.02. The SMILES string of the molecule is c1ccc(-c2nc(-c3ccncc3)nc3ccccc23)cc1. The Morgan fingerprint density at radius 3 is 2.14 bits per heavy atom. The van der Waals surface area contributed by atoms with E-state index in [1.807, 2.05) is 48.5 Å². The molecule has 3 nitrogen and oxygen atoms in total. The molecule has 0 radical (unpaired) electrons. The molecule has 0 N–H and O–H groups in total. The fourth-order valence-corrected chi connectivity index (χ4v) is 2.52. The summed E-state index contributed by atoms with van der Waals surface area (Å²) in [6.07, 6.45) is 3.52. The lowest BCUT2D eigenvalue weighted by Crippen LogP contribution is -1.95. The summed E-state index contributed by atoms with van der Waals surface area (Å²) in [5.74, 6) is 0.722. The van der Waals surface area contributed by atoms with Crippen molar-refractivity contribution < 1.29 is 0 Å². The molecular formula is C19H13N3. The molecule has 0 aliphatic heterocycles. The first kappa shape index (κ1) is 12.7. The standard InChI is InChI=1S/C19H13N3/c1-2-6-14(7-3-1)18-16-8-4-5-9-17(16)21-19(22-18)15-10-12-20-13-11-15/h1-13H. The third kappa shape index (κ3) is 2.23. The molecule has 4 rings (SSSR count). The van der Waals surface area contributed by atoms with Gasteiger partial charge in [-0.05, 0) is 18.2 Å². The smallest absolute Gasteiger partial charge is 0.160 e. The van der Waals surface area contributed by atoms with Gasteiger partial charge >= 0.3 is 0 Å². The van der Waals surface area contributed by atoms with Crippen molar-refractivity contribution in [2.75, 3.05) is 0 Å². The fraction of sp³-hybridized carbons (Fsp3) is 0. The van der Waals surface area contributed by atoms with Crippen molar-refractivity contribution in [2.24, 2.45) is 0 Å². The maximum Gasteiger partial charge on any atom is 0.160 e. The molecular weight excluding hydrogens is 270 g/mol. The Kier molecular flexibility index (Phi) is 3.09. The van der Waals surface area contributed by atoms with Gasteiger partial charge in [0.15, 0.2) is 5.82 Å². The normalized spacial score (nSPS) is 10.7. The number of nitrogens with zero attached hydrogens (tertiary/aromatic N) is 3. The molecule has 0 fully saturated rings. The second-order valence-electron chi connectivity index (χ2n) is 5.01. The molecule has 3 heteroatoms. The zero-order valence-electron chi connectivity index (χ0n) is 11.8. The van der Waals surface area contributed by atoms with Gasteiger partial charge in [0.1, 0.15) is 0 Å². The van der Waals surface area contributed by atoms with Crippen LogP contribution in [0.1, 0.15) is 0 Å².